The maximum Gasteiger partial charge on any atom is 0.0992 e. The number of hydrogen-bond acceptors (Lipinski definition) is 3. The van der Waals surface area contributed by atoms with Crippen LogP contribution in [0.3, 0.4) is 0 Å². The third-order valence-electron chi connectivity index (χ3n) is 4.48. The van der Waals surface area contributed by atoms with Crippen molar-refractivity contribution in [3.8, 4) is 6.07 Å². The van der Waals surface area contributed by atoms with E-state index in [0.29, 0.717) is 11.3 Å². The lowest BCUT2D eigenvalue weighted by Gasteiger charge is -2.34. The third kappa shape index (κ3) is 3.23. The lowest BCUT2D eigenvalue weighted by Crippen LogP contribution is -2.34. The van der Waals surface area contributed by atoms with Gasteiger partial charge in [-0.05, 0) is 48.9 Å². The fourth-order valence-corrected chi connectivity index (χ4v) is 3.24. The molecule has 0 atom stereocenters. The first-order chi connectivity index (χ1) is 10.8. The average molecular weight is 291 g/mol. The SMILES string of the molecule is N#Cc1ccc(N2CCC(Cc3ccccc3)CC2)c(N)c1. The topological polar surface area (TPSA) is 53.0 Å². The number of hydrogen-bond donors (Lipinski definition) is 1. The van der Waals surface area contributed by atoms with E-state index in [4.69, 9.17) is 11.0 Å². The largest absolute Gasteiger partial charge is 0.397 e. The average Bonchev–Trinajstić information content (AvgIpc) is 2.56. The fourth-order valence-electron chi connectivity index (χ4n) is 3.24. The van der Waals surface area contributed by atoms with Gasteiger partial charge in [0.25, 0.3) is 0 Å². The maximum absolute atomic E-state index is 8.92. The molecule has 0 saturated carbocycles. The molecule has 3 rings (SSSR count). The van der Waals surface area contributed by atoms with E-state index in [1.54, 1.807) is 6.07 Å². The van der Waals surface area contributed by atoms with Gasteiger partial charge >= 0.3 is 0 Å². The van der Waals surface area contributed by atoms with Crippen LogP contribution < -0.4 is 10.6 Å². The highest BCUT2D eigenvalue weighted by molar-refractivity contribution is 5.69. The summed E-state index contributed by atoms with van der Waals surface area (Å²) in [5.74, 6) is 0.748. The summed E-state index contributed by atoms with van der Waals surface area (Å²) in [6.07, 6.45) is 3.54. The quantitative estimate of drug-likeness (QED) is 0.879. The molecule has 0 unspecified atom stereocenters. The molecule has 0 aliphatic carbocycles. The number of anilines is 2. The Bertz CT molecular complexity index is 665. The highest BCUT2D eigenvalue weighted by Gasteiger charge is 2.20. The fraction of sp³-hybridized carbons (Fsp3) is 0.316. The summed E-state index contributed by atoms with van der Waals surface area (Å²) in [4.78, 5) is 2.35. The summed E-state index contributed by atoms with van der Waals surface area (Å²) in [6.45, 7) is 2.07. The van der Waals surface area contributed by atoms with Gasteiger partial charge in [-0.1, -0.05) is 30.3 Å². The van der Waals surface area contributed by atoms with E-state index in [2.05, 4.69) is 41.3 Å². The van der Waals surface area contributed by atoms with Crippen LogP contribution in [0.4, 0.5) is 11.4 Å². The molecule has 1 heterocycles. The lowest BCUT2D eigenvalue weighted by atomic mass is 9.90. The minimum atomic E-state index is 0.625. The number of nitrogens with zero attached hydrogens (tertiary/aromatic N) is 2. The van der Waals surface area contributed by atoms with E-state index in [0.717, 1.165) is 31.1 Å². The van der Waals surface area contributed by atoms with E-state index >= 15 is 0 Å². The van der Waals surface area contributed by atoms with Crippen molar-refractivity contribution >= 4 is 11.4 Å². The van der Waals surface area contributed by atoms with Gasteiger partial charge < -0.3 is 10.6 Å². The first kappa shape index (κ1) is 14.5. The Morgan fingerprint density at radius 3 is 2.45 bits per heavy atom. The van der Waals surface area contributed by atoms with E-state index in [1.165, 1.54) is 18.4 Å². The predicted octanol–water partition coefficient (Wildman–Crippen LogP) is 3.60. The minimum absolute atomic E-state index is 0.625. The Kier molecular flexibility index (Phi) is 4.29. The summed E-state index contributed by atoms with van der Waals surface area (Å²) < 4.78 is 0. The van der Waals surface area contributed by atoms with Crippen molar-refractivity contribution in [2.24, 2.45) is 5.92 Å². The van der Waals surface area contributed by atoms with E-state index in [9.17, 15) is 0 Å². The van der Waals surface area contributed by atoms with Gasteiger partial charge in [-0.3, -0.25) is 0 Å². The Labute approximate surface area is 132 Å². The van der Waals surface area contributed by atoms with Crippen molar-refractivity contribution in [2.45, 2.75) is 19.3 Å². The van der Waals surface area contributed by atoms with Crippen LogP contribution in [0, 0.1) is 17.2 Å². The minimum Gasteiger partial charge on any atom is -0.397 e. The van der Waals surface area contributed by atoms with Gasteiger partial charge in [0.05, 0.1) is 23.0 Å². The van der Waals surface area contributed by atoms with E-state index < -0.39 is 0 Å². The molecule has 3 heteroatoms. The lowest BCUT2D eigenvalue weighted by molar-refractivity contribution is 0.404. The monoisotopic (exact) mass is 291 g/mol. The van der Waals surface area contributed by atoms with Crippen LogP contribution >= 0.6 is 0 Å². The van der Waals surface area contributed by atoms with Gasteiger partial charge in [-0.2, -0.15) is 5.26 Å². The highest BCUT2D eigenvalue weighted by Crippen LogP contribution is 2.30. The molecular weight excluding hydrogens is 270 g/mol. The first-order valence-electron chi connectivity index (χ1n) is 7.85. The predicted molar refractivity (Wildman–Crippen MR) is 90.7 cm³/mol. The number of rotatable bonds is 3. The molecule has 0 radical (unpaired) electrons. The maximum atomic E-state index is 8.92. The van der Waals surface area contributed by atoms with Crippen LogP contribution in [0.15, 0.2) is 48.5 Å². The molecular formula is C19H21N3. The Morgan fingerprint density at radius 2 is 1.82 bits per heavy atom. The summed E-state index contributed by atoms with van der Waals surface area (Å²) in [6, 6.07) is 18.5. The van der Waals surface area contributed by atoms with Crippen molar-refractivity contribution in [2.75, 3.05) is 23.7 Å². The molecule has 1 fully saturated rings. The molecule has 0 amide bonds. The first-order valence-corrected chi connectivity index (χ1v) is 7.85. The Hall–Kier alpha value is -2.47. The highest BCUT2D eigenvalue weighted by atomic mass is 15.1. The van der Waals surface area contributed by atoms with Crippen LogP contribution in [0.2, 0.25) is 0 Å². The second-order valence-electron chi connectivity index (χ2n) is 6.01. The molecule has 1 saturated heterocycles. The summed E-state index contributed by atoms with van der Waals surface area (Å²) in [5.41, 5.74) is 9.92. The molecule has 2 aromatic rings. The number of piperidine rings is 1. The third-order valence-corrected chi connectivity index (χ3v) is 4.48. The molecule has 1 aliphatic heterocycles. The normalized spacial score (nSPS) is 15.5. The Balaban J connectivity index is 1.61. The molecule has 112 valence electrons. The van der Waals surface area contributed by atoms with Crippen molar-refractivity contribution < 1.29 is 0 Å². The van der Waals surface area contributed by atoms with Crippen LogP contribution in [-0.4, -0.2) is 13.1 Å². The van der Waals surface area contributed by atoms with Gasteiger partial charge in [0.1, 0.15) is 0 Å². The Morgan fingerprint density at radius 1 is 1.09 bits per heavy atom. The van der Waals surface area contributed by atoms with Gasteiger partial charge in [0.15, 0.2) is 0 Å². The zero-order valence-electron chi connectivity index (χ0n) is 12.7. The van der Waals surface area contributed by atoms with Crippen LogP contribution in [0.5, 0.6) is 0 Å². The van der Waals surface area contributed by atoms with E-state index in [-0.39, 0.29) is 0 Å². The number of nitrogen functional groups attached to an aromatic ring is 1. The van der Waals surface area contributed by atoms with Crippen LogP contribution in [0.25, 0.3) is 0 Å². The van der Waals surface area contributed by atoms with Crippen molar-refractivity contribution in [1.29, 1.82) is 5.26 Å². The van der Waals surface area contributed by atoms with Gasteiger partial charge in [-0.25, -0.2) is 0 Å². The van der Waals surface area contributed by atoms with Gasteiger partial charge in [0, 0.05) is 13.1 Å². The van der Waals surface area contributed by atoms with Gasteiger partial charge in [-0.15, -0.1) is 0 Å². The number of benzene rings is 2. The smallest absolute Gasteiger partial charge is 0.0992 e. The zero-order valence-corrected chi connectivity index (χ0v) is 12.7. The van der Waals surface area contributed by atoms with Crippen molar-refractivity contribution in [1.82, 2.24) is 0 Å². The molecule has 22 heavy (non-hydrogen) atoms. The second-order valence-corrected chi connectivity index (χ2v) is 6.01. The summed E-state index contributed by atoms with van der Waals surface area (Å²) in [5, 5.41) is 8.92. The van der Waals surface area contributed by atoms with Gasteiger partial charge in [0.2, 0.25) is 0 Å². The molecule has 2 aromatic carbocycles. The molecule has 1 aliphatic rings. The van der Waals surface area contributed by atoms with Crippen LogP contribution in [0.1, 0.15) is 24.0 Å². The second kappa shape index (κ2) is 6.53. The summed E-state index contributed by atoms with van der Waals surface area (Å²) in [7, 11) is 0. The number of nitriles is 1. The summed E-state index contributed by atoms with van der Waals surface area (Å²) >= 11 is 0. The standard InChI is InChI=1S/C19H21N3/c20-14-17-6-7-19(18(21)13-17)22-10-8-16(9-11-22)12-15-4-2-1-3-5-15/h1-7,13,16H,8-12,21H2. The molecule has 3 nitrogen and oxygen atoms in total. The zero-order chi connectivity index (χ0) is 15.4. The van der Waals surface area contributed by atoms with Crippen molar-refractivity contribution in [3.05, 3.63) is 59.7 Å². The molecule has 2 N–H and O–H groups in total. The van der Waals surface area contributed by atoms with Crippen LogP contribution in [-0.2, 0) is 6.42 Å². The number of nitrogens with two attached hydrogens (primary N) is 1. The molecule has 0 bridgehead atoms. The molecule has 0 spiro atoms. The van der Waals surface area contributed by atoms with E-state index in [1.807, 2.05) is 12.1 Å². The molecule has 0 aromatic heterocycles. The van der Waals surface area contributed by atoms with Crippen molar-refractivity contribution in [3.63, 3.8) is 0 Å².